The molecule has 13 heteroatoms. The molecule has 2 saturated heterocycles. The van der Waals surface area contributed by atoms with E-state index in [2.05, 4.69) is 37.1 Å². The summed E-state index contributed by atoms with van der Waals surface area (Å²) in [6.07, 6.45) is -2.25. The van der Waals surface area contributed by atoms with Crippen molar-refractivity contribution < 1.29 is 22.7 Å². The molecule has 2 fully saturated rings. The van der Waals surface area contributed by atoms with Gasteiger partial charge in [-0.25, -0.2) is 14.6 Å². The lowest BCUT2D eigenvalue weighted by Gasteiger charge is -2.33. The third-order valence-corrected chi connectivity index (χ3v) is 8.49. The standard InChI is InChI=1S/C33H35F3N8O2/c1-21-3-4-24(32(45)40-26-7-5-25(27(16-26)33(34,35)36)18-43-12-10-42(2)11-13-43)15-23(21)6-8-28-29-30(37)38-20-39-31(29)44(41-28)17-22-9-14-46-19-22/h3-5,7,15-16,20,22H,9-14,17-19H2,1-2H3,(H,40,45)(H2,37,38,39)/t22-/m0/s1. The number of anilines is 2. The van der Waals surface area contributed by atoms with Gasteiger partial charge in [-0.15, -0.1) is 0 Å². The highest BCUT2D eigenvalue weighted by molar-refractivity contribution is 6.04. The van der Waals surface area contributed by atoms with Crippen LogP contribution in [0.5, 0.6) is 0 Å². The van der Waals surface area contributed by atoms with Crippen molar-refractivity contribution in [1.82, 2.24) is 29.5 Å². The summed E-state index contributed by atoms with van der Waals surface area (Å²) in [5.74, 6) is 6.19. The van der Waals surface area contributed by atoms with E-state index in [9.17, 15) is 18.0 Å². The molecular formula is C33H35F3N8O2. The van der Waals surface area contributed by atoms with Crippen molar-refractivity contribution in [2.45, 2.75) is 32.6 Å². The topological polar surface area (TPSA) is 114 Å². The minimum absolute atomic E-state index is 0.0628. The van der Waals surface area contributed by atoms with Crippen LogP contribution in [0.15, 0.2) is 42.7 Å². The molecular weight excluding hydrogens is 597 g/mol. The van der Waals surface area contributed by atoms with Crippen molar-refractivity contribution in [3.05, 3.63) is 76.2 Å². The zero-order chi connectivity index (χ0) is 32.4. The largest absolute Gasteiger partial charge is 0.416 e. The number of nitrogens with two attached hydrogens (primary N) is 1. The number of alkyl halides is 3. The number of aryl methyl sites for hydroxylation is 1. The third-order valence-electron chi connectivity index (χ3n) is 8.49. The number of benzene rings is 2. The molecule has 6 rings (SSSR count). The minimum atomic E-state index is -4.56. The number of carbonyl (C=O) groups is 1. The Balaban J connectivity index is 1.23. The molecule has 4 heterocycles. The van der Waals surface area contributed by atoms with Crippen LogP contribution in [-0.4, -0.2) is 81.9 Å². The third kappa shape index (κ3) is 6.99. The number of amides is 1. The molecule has 4 aromatic rings. The molecule has 0 unspecified atom stereocenters. The van der Waals surface area contributed by atoms with E-state index in [0.717, 1.165) is 31.1 Å². The fourth-order valence-electron chi connectivity index (χ4n) is 5.75. The zero-order valence-electron chi connectivity index (χ0n) is 25.7. The number of hydrogen-bond donors (Lipinski definition) is 2. The van der Waals surface area contributed by atoms with Gasteiger partial charge in [-0.2, -0.15) is 18.3 Å². The summed E-state index contributed by atoms with van der Waals surface area (Å²) in [4.78, 5) is 25.9. The highest BCUT2D eigenvalue weighted by Gasteiger charge is 2.34. The van der Waals surface area contributed by atoms with Gasteiger partial charge in [0.05, 0.1) is 17.6 Å². The second-order valence-electron chi connectivity index (χ2n) is 11.9. The molecule has 2 aromatic heterocycles. The average molecular weight is 633 g/mol. The smallest absolute Gasteiger partial charge is 0.383 e. The van der Waals surface area contributed by atoms with E-state index in [1.54, 1.807) is 22.9 Å². The first-order chi connectivity index (χ1) is 22.0. The fourth-order valence-corrected chi connectivity index (χ4v) is 5.75. The van der Waals surface area contributed by atoms with Crippen molar-refractivity contribution >= 4 is 28.4 Å². The second kappa shape index (κ2) is 13.1. The van der Waals surface area contributed by atoms with Gasteiger partial charge in [0.1, 0.15) is 17.8 Å². The molecule has 2 aromatic carbocycles. The molecule has 0 radical (unpaired) electrons. The van der Waals surface area contributed by atoms with E-state index in [1.165, 1.54) is 18.5 Å². The molecule has 1 amide bonds. The molecule has 240 valence electrons. The van der Waals surface area contributed by atoms with E-state index in [1.807, 2.05) is 18.9 Å². The quantitative estimate of drug-likeness (QED) is 0.305. The van der Waals surface area contributed by atoms with Crippen molar-refractivity contribution in [3.8, 4) is 11.8 Å². The number of nitrogens with one attached hydrogen (secondary N) is 1. The molecule has 0 aliphatic carbocycles. The Morgan fingerprint density at radius 1 is 1.11 bits per heavy atom. The van der Waals surface area contributed by atoms with Crippen molar-refractivity contribution in [2.24, 2.45) is 5.92 Å². The number of hydrogen-bond acceptors (Lipinski definition) is 8. The number of nitrogen functional groups attached to an aromatic ring is 1. The Kier molecular flexibility index (Phi) is 8.95. The van der Waals surface area contributed by atoms with Gasteiger partial charge in [0.15, 0.2) is 5.65 Å². The molecule has 0 saturated carbocycles. The van der Waals surface area contributed by atoms with E-state index < -0.39 is 17.6 Å². The highest BCUT2D eigenvalue weighted by atomic mass is 19.4. The summed E-state index contributed by atoms with van der Waals surface area (Å²) in [5, 5.41) is 7.86. The maximum absolute atomic E-state index is 14.1. The first kappa shape index (κ1) is 31.5. The molecule has 0 spiro atoms. The van der Waals surface area contributed by atoms with Gasteiger partial charge in [0.25, 0.3) is 5.91 Å². The van der Waals surface area contributed by atoms with E-state index in [-0.39, 0.29) is 29.2 Å². The summed E-state index contributed by atoms with van der Waals surface area (Å²) < 4.78 is 49.5. The number of likely N-dealkylation sites (N-methyl/N-ethyl adjacent to an activating group) is 1. The normalized spacial score (nSPS) is 17.6. The Hall–Kier alpha value is -4.51. The maximum atomic E-state index is 14.1. The highest BCUT2D eigenvalue weighted by Crippen LogP contribution is 2.35. The number of nitrogens with zero attached hydrogens (tertiary/aromatic N) is 6. The number of aromatic nitrogens is 4. The number of fused-ring (bicyclic) bond motifs is 1. The Bertz CT molecular complexity index is 1810. The van der Waals surface area contributed by atoms with Crippen LogP contribution in [0.25, 0.3) is 11.0 Å². The minimum Gasteiger partial charge on any atom is -0.383 e. The van der Waals surface area contributed by atoms with Crippen molar-refractivity contribution in [2.75, 3.05) is 57.5 Å². The number of carbonyl (C=O) groups excluding carboxylic acids is 1. The predicted octanol–water partition coefficient (Wildman–Crippen LogP) is 4.17. The molecule has 46 heavy (non-hydrogen) atoms. The van der Waals surface area contributed by atoms with Crippen LogP contribution in [0, 0.1) is 24.7 Å². The predicted molar refractivity (Wildman–Crippen MR) is 168 cm³/mol. The van der Waals surface area contributed by atoms with E-state index in [4.69, 9.17) is 10.5 Å². The van der Waals surface area contributed by atoms with E-state index in [0.29, 0.717) is 61.1 Å². The summed E-state index contributed by atoms with van der Waals surface area (Å²) >= 11 is 0. The van der Waals surface area contributed by atoms with Gasteiger partial charge in [-0.05, 0) is 61.7 Å². The molecule has 10 nitrogen and oxygen atoms in total. The van der Waals surface area contributed by atoms with Crippen molar-refractivity contribution in [3.63, 3.8) is 0 Å². The molecule has 3 N–H and O–H groups in total. The summed E-state index contributed by atoms with van der Waals surface area (Å²) in [7, 11) is 2.00. The first-order valence-electron chi connectivity index (χ1n) is 15.1. The summed E-state index contributed by atoms with van der Waals surface area (Å²) in [6.45, 7) is 7.01. The Morgan fingerprint density at radius 2 is 1.91 bits per heavy atom. The number of piperazine rings is 1. The summed E-state index contributed by atoms with van der Waals surface area (Å²) in [5.41, 5.74) is 8.31. The molecule has 2 aliphatic heterocycles. The maximum Gasteiger partial charge on any atom is 0.416 e. The average Bonchev–Trinajstić information content (AvgIpc) is 3.67. The lowest BCUT2D eigenvalue weighted by Crippen LogP contribution is -2.44. The van der Waals surface area contributed by atoms with Gasteiger partial charge in [0.2, 0.25) is 0 Å². The number of rotatable bonds is 6. The lowest BCUT2D eigenvalue weighted by atomic mass is 10.0. The van der Waals surface area contributed by atoms with Crippen LogP contribution in [0.1, 0.15) is 44.7 Å². The van der Waals surface area contributed by atoms with E-state index >= 15 is 0 Å². The van der Waals surface area contributed by atoms with Gasteiger partial charge >= 0.3 is 6.18 Å². The van der Waals surface area contributed by atoms with Crippen molar-refractivity contribution in [1.29, 1.82) is 0 Å². The van der Waals surface area contributed by atoms with Crippen LogP contribution < -0.4 is 11.1 Å². The van der Waals surface area contributed by atoms with Crippen LogP contribution >= 0.6 is 0 Å². The molecule has 0 bridgehead atoms. The van der Waals surface area contributed by atoms with Gasteiger partial charge < -0.3 is 20.7 Å². The zero-order valence-corrected chi connectivity index (χ0v) is 25.7. The van der Waals surface area contributed by atoms with Crippen LogP contribution in [0.4, 0.5) is 24.7 Å². The Morgan fingerprint density at radius 3 is 2.65 bits per heavy atom. The molecule has 1 atom stereocenters. The Labute approximate surface area is 264 Å². The summed E-state index contributed by atoms with van der Waals surface area (Å²) in [6, 6.07) is 8.93. The van der Waals surface area contributed by atoms with Gasteiger partial charge in [-0.1, -0.05) is 18.1 Å². The first-order valence-corrected chi connectivity index (χ1v) is 15.1. The number of halogens is 3. The van der Waals surface area contributed by atoms with Crippen LogP contribution in [-0.2, 0) is 24.0 Å². The second-order valence-corrected chi connectivity index (χ2v) is 11.9. The van der Waals surface area contributed by atoms with Gasteiger partial charge in [-0.3, -0.25) is 9.69 Å². The number of ether oxygens (including phenoxy) is 1. The van der Waals surface area contributed by atoms with Gasteiger partial charge in [0, 0.05) is 68.6 Å². The van der Waals surface area contributed by atoms with Crippen LogP contribution in [0.3, 0.4) is 0 Å². The molecule has 2 aliphatic rings. The SMILES string of the molecule is Cc1ccc(C(=O)Nc2ccc(CN3CCN(C)CC3)c(C(F)(F)F)c2)cc1C#Cc1nn(C[C@@H]2CCOC2)c2ncnc(N)c12. The monoisotopic (exact) mass is 632 g/mol. The lowest BCUT2D eigenvalue weighted by molar-refractivity contribution is -0.138. The fraction of sp³-hybridized carbons (Fsp3) is 0.394. The van der Waals surface area contributed by atoms with Crippen LogP contribution in [0.2, 0.25) is 0 Å².